The fourth-order valence-electron chi connectivity index (χ4n) is 4.06. The highest BCUT2D eigenvalue weighted by Crippen LogP contribution is 2.41. The maximum atomic E-state index is 13.5. The number of aromatic nitrogens is 1. The first-order valence-electron chi connectivity index (χ1n) is 10.5. The lowest BCUT2D eigenvalue weighted by molar-refractivity contribution is -0.117. The third-order valence-corrected chi connectivity index (χ3v) is 5.54. The number of nitrogens with zero attached hydrogens (tertiary/aromatic N) is 2. The van der Waals surface area contributed by atoms with Gasteiger partial charge < -0.3 is 14.8 Å². The van der Waals surface area contributed by atoms with Gasteiger partial charge in [0.1, 0.15) is 11.6 Å². The molecule has 2 aromatic heterocycles. The summed E-state index contributed by atoms with van der Waals surface area (Å²) in [6.45, 7) is 1.40. The van der Waals surface area contributed by atoms with Crippen molar-refractivity contribution < 1.29 is 23.9 Å². The highest BCUT2D eigenvalue weighted by atomic mass is 16.3. The first kappa shape index (κ1) is 21.1. The number of hydrogen-bond donors (Lipinski definition) is 2. The molecule has 1 aliphatic heterocycles. The molecule has 0 radical (unpaired) electrons. The van der Waals surface area contributed by atoms with Crippen molar-refractivity contribution in [1.29, 1.82) is 0 Å². The van der Waals surface area contributed by atoms with Crippen molar-refractivity contribution in [2.24, 2.45) is 0 Å². The number of para-hydroxylation sites is 1. The normalized spacial score (nSPS) is 15.7. The molecule has 1 atom stereocenters. The van der Waals surface area contributed by atoms with Gasteiger partial charge in [-0.15, -0.1) is 0 Å². The molecule has 3 heterocycles. The van der Waals surface area contributed by atoms with E-state index in [1.165, 1.54) is 11.8 Å². The zero-order chi connectivity index (χ0) is 23.8. The lowest BCUT2D eigenvalue weighted by Crippen LogP contribution is -2.31. The van der Waals surface area contributed by atoms with Gasteiger partial charge in [0.25, 0.3) is 5.91 Å². The molecule has 0 saturated carbocycles. The molecule has 0 fully saturated rings. The third kappa shape index (κ3) is 3.61. The van der Waals surface area contributed by atoms with Crippen LogP contribution in [0.3, 0.4) is 0 Å². The molecule has 0 aliphatic carbocycles. The number of hydrogen-bond acceptors (Lipinski definition) is 6. The summed E-state index contributed by atoms with van der Waals surface area (Å²) < 4.78 is 5.72. The Labute approximate surface area is 194 Å². The fraction of sp³-hybridized carbons (Fsp3) is 0.0769. The molecule has 5 rings (SSSR count). The number of nitrogens with one attached hydrogen (secondary N) is 1. The van der Waals surface area contributed by atoms with Crippen molar-refractivity contribution in [2.45, 2.75) is 13.0 Å². The summed E-state index contributed by atoms with van der Waals surface area (Å²) in [5.41, 5.74) is 1.79. The summed E-state index contributed by atoms with van der Waals surface area (Å²) in [5.74, 6) is -2.21. The second-order valence-corrected chi connectivity index (χ2v) is 7.80. The van der Waals surface area contributed by atoms with Crippen LogP contribution in [0, 0.1) is 0 Å². The van der Waals surface area contributed by atoms with E-state index in [4.69, 9.17) is 4.42 Å². The number of anilines is 2. The second kappa shape index (κ2) is 8.32. The first-order valence-corrected chi connectivity index (χ1v) is 10.5. The van der Waals surface area contributed by atoms with Gasteiger partial charge in [0.2, 0.25) is 11.7 Å². The van der Waals surface area contributed by atoms with Crippen LogP contribution in [0.5, 0.6) is 0 Å². The average molecular weight is 453 g/mol. The number of pyridine rings is 1. The van der Waals surface area contributed by atoms with Crippen LogP contribution in [0.25, 0.3) is 11.0 Å². The van der Waals surface area contributed by atoms with Gasteiger partial charge in [-0.25, -0.2) is 0 Å². The van der Waals surface area contributed by atoms with E-state index < -0.39 is 23.5 Å². The van der Waals surface area contributed by atoms with Gasteiger partial charge >= 0.3 is 0 Å². The van der Waals surface area contributed by atoms with Gasteiger partial charge in [0.15, 0.2) is 11.5 Å². The first-order chi connectivity index (χ1) is 16.4. The lowest BCUT2D eigenvalue weighted by Gasteiger charge is -2.26. The highest BCUT2D eigenvalue weighted by Gasteiger charge is 2.46. The lowest BCUT2D eigenvalue weighted by atomic mass is 9.98. The molecule has 0 spiro atoms. The van der Waals surface area contributed by atoms with E-state index in [2.05, 4.69) is 10.3 Å². The Hall–Kier alpha value is -4.72. The number of aliphatic hydroxyl groups excluding tert-OH is 1. The SMILES string of the molecule is CC(=O)Nc1ccc(N2C(=O)C(O)=C(C(=O)c3cc4ccccc4o3)C2c2ccccn2)cc1. The van der Waals surface area contributed by atoms with E-state index in [0.29, 0.717) is 22.7 Å². The molecule has 1 unspecified atom stereocenters. The Balaban J connectivity index is 1.60. The van der Waals surface area contributed by atoms with Crippen molar-refractivity contribution in [3.05, 3.63) is 102 Å². The summed E-state index contributed by atoms with van der Waals surface area (Å²) in [7, 11) is 0. The minimum absolute atomic E-state index is 0.0133. The van der Waals surface area contributed by atoms with Crippen LogP contribution >= 0.6 is 0 Å². The van der Waals surface area contributed by atoms with Crippen LogP contribution in [0.4, 0.5) is 11.4 Å². The molecule has 34 heavy (non-hydrogen) atoms. The number of amides is 2. The second-order valence-electron chi connectivity index (χ2n) is 7.80. The molecule has 8 heteroatoms. The Morgan fingerprint density at radius 2 is 1.76 bits per heavy atom. The largest absolute Gasteiger partial charge is 0.503 e. The third-order valence-electron chi connectivity index (χ3n) is 5.54. The maximum absolute atomic E-state index is 13.5. The Bertz CT molecular complexity index is 1420. The van der Waals surface area contributed by atoms with E-state index in [1.54, 1.807) is 66.9 Å². The van der Waals surface area contributed by atoms with Crippen LogP contribution in [-0.2, 0) is 9.59 Å². The average Bonchev–Trinajstić information content (AvgIpc) is 3.39. The molecule has 0 saturated heterocycles. The van der Waals surface area contributed by atoms with E-state index >= 15 is 0 Å². The molecule has 4 aromatic rings. The number of furan rings is 1. The molecule has 2 N–H and O–H groups in total. The molecule has 8 nitrogen and oxygen atoms in total. The van der Waals surface area contributed by atoms with Gasteiger partial charge in [-0.3, -0.25) is 24.3 Å². The predicted molar refractivity (Wildman–Crippen MR) is 125 cm³/mol. The van der Waals surface area contributed by atoms with Crippen LogP contribution in [-0.4, -0.2) is 27.7 Å². The molecular weight excluding hydrogens is 434 g/mol. The zero-order valence-corrected chi connectivity index (χ0v) is 18.1. The van der Waals surface area contributed by atoms with Crippen LogP contribution < -0.4 is 10.2 Å². The molecule has 1 aliphatic rings. The van der Waals surface area contributed by atoms with Gasteiger partial charge in [-0.05, 0) is 48.5 Å². The molecule has 2 aromatic carbocycles. The van der Waals surface area contributed by atoms with E-state index in [0.717, 1.165) is 5.39 Å². The smallest absolute Gasteiger partial charge is 0.294 e. The summed E-state index contributed by atoms with van der Waals surface area (Å²) in [5, 5.41) is 14.2. The number of carbonyl (C=O) groups excluding carboxylic acids is 3. The van der Waals surface area contributed by atoms with E-state index in [9.17, 15) is 19.5 Å². The molecule has 0 bridgehead atoms. The fourth-order valence-corrected chi connectivity index (χ4v) is 4.06. The van der Waals surface area contributed by atoms with Crippen molar-refractivity contribution in [3.63, 3.8) is 0 Å². The van der Waals surface area contributed by atoms with E-state index in [-0.39, 0.29) is 17.2 Å². The number of fused-ring (bicyclic) bond motifs is 1. The van der Waals surface area contributed by atoms with Crippen molar-refractivity contribution in [3.8, 4) is 0 Å². The van der Waals surface area contributed by atoms with Crippen molar-refractivity contribution >= 4 is 39.9 Å². The predicted octanol–water partition coefficient (Wildman–Crippen LogP) is 4.57. The Morgan fingerprint density at radius 1 is 1.03 bits per heavy atom. The molecular formula is C26H19N3O5. The number of aliphatic hydroxyl groups is 1. The van der Waals surface area contributed by atoms with Gasteiger partial charge in [0, 0.05) is 29.9 Å². The molecule has 2 amide bonds. The number of rotatable bonds is 5. The van der Waals surface area contributed by atoms with Crippen LogP contribution in [0.2, 0.25) is 0 Å². The standard InChI is InChI=1S/C26H19N3O5/c1-15(30)28-17-9-11-18(12-10-17)29-23(19-7-4-5-13-27-19)22(25(32)26(29)33)24(31)21-14-16-6-2-3-8-20(16)34-21/h2-14,23,32H,1H3,(H,28,30). The summed E-state index contributed by atoms with van der Waals surface area (Å²) in [4.78, 5) is 43.7. The topological polar surface area (TPSA) is 113 Å². The number of Topliss-reactive ketones (excluding diaryl/α,β-unsaturated/α-hetero) is 1. The minimum atomic E-state index is -0.971. The summed E-state index contributed by atoms with van der Waals surface area (Å²) in [6, 6.07) is 19.4. The maximum Gasteiger partial charge on any atom is 0.294 e. The Morgan fingerprint density at radius 3 is 2.44 bits per heavy atom. The van der Waals surface area contributed by atoms with Crippen molar-refractivity contribution in [1.82, 2.24) is 4.98 Å². The van der Waals surface area contributed by atoms with Crippen LogP contribution in [0.1, 0.15) is 29.2 Å². The monoisotopic (exact) mass is 453 g/mol. The van der Waals surface area contributed by atoms with Gasteiger partial charge in [0.05, 0.1) is 11.3 Å². The number of benzene rings is 2. The molecule has 168 valence electrons. The van der Waals surface area contributed by atoms with Crippen molar-refractivity contribution in [2.75, 3.05) is 10.2 Å². The summed E-state index contributed by atoms with van der Waals surface area (Å²) in [6.07, 6.45) is 1.55. The van der Waals surface area contributed by atoms with Gasteiger partial charge in [-0.2, -0.15) is 0 Å². The van der Waals surface area contributed by atoms with E-state index in [1.807, 2.05) is 12.1 Å². The zero-order valence-electron chi connectivity index (χ0n) is 18.1. The Kier molecular flexibility index (Phi) is 5.18. The highest BCUT2D eigenvalue weighted by molar-refractivity contribution is 6.20. The minimum Gasteiger partial charge on any atom is -0.503 e. The summed E-state index contributed by atoms with van der Waals surface area (Å²) >= 11 is 0. The quantitative estimate of drug-likeness (QED) is 0.428. The van der Waals surface area contributed by atoms with Crippen LogP contribution in [0.15, 0.2) is 94.7 Å². The van der Waals surface area contributed by atoms with Gasteiger partial charge in [-0.1, -0.05) is 24.3 Å². The number of ketones is 1. The number of carbonyl (C=O) groups is 3.